The van der Waals surface area contributed by atoms with E-state index in [1.165, 1.54) is 4.90 Å². The lowest BCUT2D eigenvalue weighted by Crippen LogP contribution is -2.43. The first-order valence-electron chi connectivity index (χ1n) is 8.04. The molecule has 3 amide bonds. The van der Waals surface area contributed by atoms with E-state index < -0.39 is 11.6 Å². The minimum atomic E-state index is -1.02. The van der Waals surface area contributed by atoms with Crippen molar-refractivity contribution in [2.45, 2.75) is 25.4 Å². The molecule has 6 heteroatoms. The van der Waals surface area contributed by atoms with Crippen molar-refractivity contribution in [3.8, 4) is 5.75 Å². The molecule has 1 saturated heterocycles. The van der Waals surface area contributed by atoms with Gasteiger partial charge >= 0.3 is 6.03 Å². The van der Waals surface area contributed by atoms with Gasteiger partial charge in [0, 0.05) is 10.0 Å². The van der Waals surface area contributed by atoms with Crippen LogP contribution in [-0.2, 0) is 16.9 Å². The first-order chi connectivity index (χ1) is 12.0. The van der Waals surface area contributed by atoms with Gasteiger partial charge in [-0.15, -0.1) is 0 Å². The summed E-state index contributed by atoms with van der Waals surface area (Å²) in [5, 5.41) is 2.89. The molecule has 3 rings (SSSR count). The smallest absolute Gasteiger partial charge is 0.325 e. The highest BCUT2D eigenvalue weighted by atomic mass is 79.9. The van der Waals surface area contributed by atoms with Gasteiger partial charge in [0.2, 0.25) is 0 Å². The van der Waals surface area contributed by atoms with Crippen molar-refractivity contribution in [1.82, 2.24) is 10.2 Å². The number of nitrogens with one attached hydrogen (secondary N) is 1. The minimum Gasteiger partial charge on any atom is -0.496 e. The molecule has 5 nitrogen and oxygen atoms in total. The molecule has 1 atom stereocenters. The number of methoxy groups -OCH3 is 1. The van der Waals surface area contributed by atoms with Gasteiger partial charge in [-0.3, -0.25) is 9.69 Å². The molecule has 0 saturated carbocycles. The summed E-state index contributed by atoms with van der Waals surface area (Å²) < 4.78 is 6.21. The fraction of sp³-hybridized carbons (Fsp3) is 0.263. The number of benzene rings is 2. The van der Waals surface area contributed by atoms with Gasteiger partial charge in [0.05, 0.1) is 13.7 Å². The van der Waals surface area contributed by atoms with Crippen LogP contribution in [0.4, 0.5) is 4.79 Å². The van der Waals surface area contributed by atoms with Gasteiger partial charge in [-0.2, -0.15) is 0 Å². The van der Waals surface area contributed by atoms with E-state index in [-0.39, 0.29) is 12.5 Å². The molecule has 1 unspecified atom stereocenters. The van der Waals surface area contributed by atoms with E-state index in [2.05, 4.69) is 21.2 Å². The number of urea groups is 1. The van der Waals surface area contributed by atoms with Crippen molar-refractivity contribution < 1.29 is 14.3 Å². The van der Waals surface area contributed by atoms with Gasteiger partial charge in [0.25, 0.3) is 5.91 Å². The summed E-state index contributed by atoms with van der Waals surface area (Å²) in [7, 11) is 1.57. The van der Waals surface area contributed by atoms with Gasteiger partial charge in [0.1, 0.15) is 11.3 Å². The number of carbonyl (C=O) groups excluding carboxylic acids is 2. The summed E-state index contributed by atoms with van der Waals surface area (Å²) in [5.74, 6) is 0.394. The monoisotopic (exact) mass is 402 g/mol. The largest absolute Gasteiger partial charge is 0.496 e. The number of hydrogen-bond donors (Lipinski definition) is 1. The second-order valence-electron chi connectivity index (χ2n) is 5.90. The van der Waals surface area contributed by atoms with Crippen molar-refractivity contribution in [2.75, 3.05) is 7.11 Å². The van der Waals surface area contributed by atoms with Crippen LogP contribution in [0.2, 0.25) is 0 Å². The second kappa shape index (κ2) is 6.88. The Morgan fingerprint density at radius 2 is 1.88 bits per heavy atom. The van der Waals surface area contributed by atoms with E-state index in [1.807, 2.05) is 55.5 Å². The van der Waals surface area contributed by atoms with Crippen LogP contribution in [0.25, 0.3) is 0 Å². The molecule has 0 spiro atoms. The number of hydrogen-bond acceptors (Lipinski definition) is 3. The summed E-state index contributed by atoms with van der Waals surface area (Å²) in [4.78, 5) is 27.0. The number of carbonyl (C=O) groups is 2. The van der Waals surface area contributed by atoms with Crippen LogP contribution in [0.5, 0.6) is 5.75 Å². The topological polar surface area (TPSA) is 58.6 Å². The molecule has 1 aliphatic heterocycles. The van der Waals surface area contributed by atoms with Gasteiger partial charge in [-0.05, 0) is 30.2 Å². The molecule has 0 aliphatic carbocycles. The third-order valence-electron chi connectivity index (χ3n) is 4.54. The zero-order valence-corrected chi connectivity index (χ0v) is 15.7. The molecular formula is C19H19BrN2O3. The Morgan fingerprint density at radius 1 is 1.16 bits per heavy atom. The highest BCUT2D eigenvalue weighted by Crippen LogP contribution is 2.34. The second-order valence-corrected chi connectivity index (χ2v) is 6.82. The first kappa shape index (κ1) is 17.5. The number of imide groups is 1. The molecule has 0 aromatic heterocycles. The molecule has 1 fully saturated rings. The van der Waals surface area contributed by atoms with Crippen LogP contribution < -0.4 is 10.1 Å². The van der Waals surface area contributed by atoms with Gasteiger partial charge in [0.15, 0.2) is 0 Å². The van der Waals surface area contributed by atoms with Crippen LogP contribution in [0.15, 0.2) is 53.0 Å². The Bertz CT molecular complexity index is 810. The molecule has 0 radical (unpaired) electrons. The average molecular weight is 403 g/mol. The quantitative estimate of drug-likeness (QED) is 0.773. The summed E-state index contributed by atoms with van der Waals surface area (Å²) >= 11 is 3.42. The maximum Gasteiger partial charge on any atom is 0.325 e. The van der Waals surface area contributed by atoms with Crippen molar-refractivity contribution in [2.24, 2.45) is 0 Å². The molecule has 1 aliphatic rings. The number of ether oxygens (including phenoxy) is 1. The molecular weight excluding hydrogens is 384 g/mol. The number of nitrogens with zero attached hydrogens (tertiary/aromatic N) is 1. The summed E-state index contributed by atoms with van der Waals surface area (Å²) in [6.45, 7) is 2.05. The van der Waals surface area contributed by atoms with E-state index in [0.29, 0.717) is 12.2 Å². The fourth-order valence-corrected chi connectivity index (χ4v) is 3.58. The predicted octanol–water partition coefficient (Wildman–Crippen LogP) is 3.82. The third kappa shape index (κ3) is 3.02. The normalized spacial score (nSPS) is 19.9. The average Bonchev–Trinajstić information content (AvgIpc) is 2.88. The lowest BCUT2D eigenvalue weighted by molar-refractivity contribution is -0.132. The maximum absolute atomic E-state index is 13.1. The molecule has 1 heterocycles. The lowest BCUT2D eigenvalue weighted by Gasteiger charge is -2.25. The van der Waals surface area contributed by atoms with Gasteiger partial charge < -0.3 is 10.1 Å². The van der Waals surface area contributed by atoms with E-state index in [1.54, 1.807) is 7.11 Å². The summed E-state index contributed by atoms with van der Waals surface area (Å²) in [6, 6.07) is 14.5. The van der Waals surface area contributed by atoms with Crippen molar-refractivity contribution in [3.05, 3.63) is 64.1 Å². The lowest BCUT2D eigenvalue weighted by atomic mass is 9.87. The Labute approximate surface area is 155 Å². The van der Waals surface area contributed by atoms with Crippen molar-refractivity contribution in [1.29, 1.82) is 0 Å². The SMILES string of the molecule is CCC1(c2ccccc2)NC(=O)N(Cc2cc(Br)ccc2OC)C1=O. The van der Waals surface area contributed by atoms with Crippen LogP contribution in [-0.4, -0.2) is 23.9 Å². The number of amides is 3. The maximum atomic E-state index is 13.1. The van der Waals surface area contributed by atoms with Crippen LogP contribution >= 0.6 is 15.9 Å². The minimum absolute atomic E-state index is 0.155. The van der Waals surface area contributed by atoms with Crippen LogP contribution in [0.1, 0.15) is 24.5 Å². The Balaban J connectivity index is 1.96. The first-order valence-corrected chi connectivity index (χ1v) is 8.83. The van der Waals surface area contributed by atoms with Gasteiger partial charge in [-0.1, -0.05) is 53.2 Å². The molecule has 2 aromatic rings. The van der Waals surface area contributed by atoms with Crippen molar-refractivity contribution in [3.63, 3.8) is 0 Å². The molecule has 0 bridgehead atoms. The third-order valence-corrected chi connectivity index (χ3v) is 5.04. The van der Waals surface area contributed by atoms with E-state index >= 15 is 0 Å². The Hall–Kier alpha value is -2.34. The number of rotatable bonds is 5. The zero-order valence-electron chi connectivity index (χ0n) is 14.1. The van der Waals surface area contributed by atoms with E-state index in [4.69, 9.17) is 4.74 Å². The van der Waals surface area contributed by atoms with Crippen LogP contribution in [0, 0.1) is 0 Å². The predicted molar refractivity (Wildman–Crippen MR) is 98.2 cm³/mol. The van der Waals surface area contributed by atoms with Crippen LogP contribution in [0.3, 0.4) is 0 Å². The van der Waals surface area contributed by atoms with Gasteiger partial charge in [-0.25, -0.2) is 4.79 Å². The van der Waals surface area contributed by atoms with E-state index in [9.17, 15) is 9.59 Å². The Kier molecular flexibility index (Phi) is 4.81. The zero-order chi connectivity index (χ0) is 18.0. The molecule has 2 aromatic carbocycles. The highest BCUT2D eigenvalue weighted by Gasteiger charge is 2.51. The van der Waals surface area contributed by atoms with Crippen molar-refractivity contribution >= 4 is 27.9 Å². The molecule has 1 N–H and O–H groups in total. The molecule has 25 heavy (non-hydrogen) atoms. The summed E-state index contributed by atoms with van der Waals surface area (Å²) in [6.07, 6.45) is 0.480. The van der Waals surface area contributed by atoms with E-state index in [0.717, 1.165) is 15.6 Å². The number of halogens is 1. The summed E-state index contributed by atoms with van der Waals surface area (Å²) in [5.41, 5.74) is 0.539. The standard InChI is InChI=1S/C19H19BrN2O3/c1-3-19(14-7-5-4-6-8-14)17(23)22(18(24)21-19)12-13-11-15(20)9-10-16(13)25-2/h4-11H,3,12H2,1-2H3,(H,21,24). The highest BCUT2D eigenvalue weighted by molar-refractivity contribution is 9.10. The molecule has 130 valence electrons. The fourth-order valence-electron chi connectivity index (χ4n) is 3.17. The Morgan fingerprint density at radius 3 is 2.52 bits per heavy atom.